The van der Waals surface area contributed by atoms with Gasteiger partial charge in [0.1, 0.15) is 19.3 Å². The highest BCUT2D eigenvalue weighted by Gasteiger charge is 2.30. The molecule has 0 aliphatic heterocycles. The molecule has 0 amide bonds. The highest BCUT2D eigenvalue weighted by Crippen LogP contribution is 2.45. The summed E-state index contributed by atoms with van der Waals surface area (Å²) < 4.78 is 65.6. The summed E-state index contributed by atoms with van der Waals surface area (Å²) in [5.74, 6) is -2.30. The van der Waals surface area contributed by atoms with Gasteiger partial charge in [0.25, 0.3) is 0 Å². The largest absolute Gasteiger partial charge is 0.472 e. The molecule has 0 aliphatic carbocycles. The predicted molar refractivity (Wildman–Crippen MR) is 234 cm³/mol. The van der Waals surface area contributed by atoms with Crippen molar-refractivity contribution in [2.75, 3.05) is 39.6 Å². The highest BCUT2D eigenvalue weighted by atomic mass is 31.2. The van der Waals surface area contributed by atoms with E-state index in [0.29, 0.717) is 19.3 Å². The monoisotopic (exact) mass is 933 g/mol. The lowest BCUT2D eigenvalue weighted by Gasteiger charge is -2.21. The molecule has 0 aromatic rings. The molecule has 366 valence electrons. The first-order valence-corrected chi connectivity index (χ1v) is 26.3. The third-order valence-corrected chi connectivity index (χ3v) is 11.6. The molecule has 19 heteroatoms. The van der Waals surface area contributed by atoms with Crippen LogP contribution in [0.3, 0.4) is 0 Å². The van der Waals surface area contributed by atoms with Gasteiger partial charge in [-0.25, -0.2) is 9.13 Å². The minimum absolute atomic E-state index is 0.0488. The Morgan fingerprint density at radius 1 is 0.403 bits per heavy atom. The molecule has 0 saturated carbocycles. The predicted octanol–water partition coefficient (Wildman–Crippen LogP) is 9.75. The normalized spacial score (nSPS) is 14.9. The summed E-state index contributed by atoms with van der Waals surface area (Å²) in [6.45, 7) is 3.81. The molecule has 3 N–H and O–H groups in total. The number of hydrogen-bond acceptors (Lipinski definition) is 15. The summed E-state index contributed by atoms with van der Waals surface area (Å²) in [7, 11) is -9.79. The van der Waals surface area contributed by atoms with Gasteiger partial charge in [0, 0.05) is 25.7 Å². The number of esters is 4. The smallest absolute Gasteiger partial charge is 0.462 e. The summed E-state index contributed by atoms with van der Waals surface area (Å²) in [5.41, 5.74) is 0. The summed E-state index contributed by atoms with van der Waals surface area (Å²) in [5, 5.41) is 10.3. The van der Waals surface area contributed by atoms with E-state index in [4.69, 9.17) is 37.0 Å². The fraction of sp³-hybridized carbons (Fsp3) is 0.907. The van der Waals surface area contributed by atoms with Gasteiger partial charge in [-0.05, 0) is 19.3 Å². The van der Waals surface area contributed by atoms with Crippen LogP contribution in [-0.4, -0.2) is 96.7 Å². The van der Waals surface area contributed by atoms with Crippen LogP contribution in [0.15, 0.2) is 0 Å². The number of carbonyl (C=O) groups excluding carboxylic acids is 4. The summed E-state index contributed by atoms with van der Waals surface area (Å²) in [6.07, 6.45) is 19.4. The second-order valence-corrected chi connectivity index (χ2v) is 18.6. The Kier molecular flexibility index (Phi) is 38.2. The average molecular weight is 933 g/mol. The van der Waals surface area contributed by atoms with Crippen LogP contribution in [0.5, 0.6) is 0 Å². The molecule has 0 aliphatic rings. The van der Waals surface area contributed by atoms with Gasteiger partial charge in [-0.1, -0.05) is 150 Å². The molecule has 0 saturated heterocycles. The maximum Gasteiger partial charge on any atom is 0.472 e. The molecule has 0 heterocycles. The third-order valence-electron chi connectivity index (χ3n) is 9.66. The summed E-state index contributed by atoms with van der Waals surface area (Å²) in [6, 6.07) is 0. The van der Waals surface area contributed by atoms with Crippen LogP contribution in [0.4, 0.5) is 0 Å². The third kappa shape index (κ3) is 38.5. The van der Waals surface area contributed by atoms with E-state index < -0.39 is 97.5 Å². The minimum atomic E-state index is -4.91. The number of carbonyl (C=O) groups is 4. The highest BCUT2D eigenvalue weighted by molar-refractivity contribution is 7.47. The fourth-order valence-corrected chi connectivity index (χ4v) is 7.52. The van der Waals surface area contributed by atoms with Gasteiger partial charge in [0.05, 0.1) is 26.4 Å². The number of phosphoric acid groups is 2. The van der Waals surface area contributed by atoms with Crippen molar-refractivity contribution in [3.63, 3.8) is 0 Å². The van der Waals surface area contributed by atoms with Crippen molar-refractivity contribution < 1.29 is 80.2 Å². The number of ether oxygens (including phenoxy) is 4. The number of hydrogen-bond donors (Lipinski definition) is 3. The van der Waals surface area contributed by atoms with E-state index in [1.54, 1.807) is 6.92 Å². The van der Waals surface area contributed by atoms with Crippen LogP contribution in [-0.2, 0) is 65.4 Å². The lowest BCUT2D eigenvalue weighted by Crippen LogP contribution is -2.30. The van der Waals surface area contributed by atoms with Crippen molar-refractivity contribution in [3.05, 3.63) is 0 Å². The molecular weight excluding hydrogens is 850 g/mol. The van der Waals surface area contributed by atoms with Gasteiger partial charge >= 0.3 is 39.5 Å². The Hall–Kier alpha value is -1.94. The zero-order valence-corrected chi connectivity index (χ0v) is 40.1. The van der Waals surface area contributed by atoms with Crippen LogP contribution in [0.25, 0.3) is 0 Å². The average Bonchev–Trinajstić information content (AvgIpc) is 3.24. The van der Waals surface area contributed by atoms with E-state index in [1.165, 1.54) is 70.6 Å². The van der Waals surface area contributed by atoms with Crippen molar-refractivity contribution in [1.82, 2.24) is 0 Å². The Morgan fingerprint density at radius 2 is 0.710 bits per heavy atom. The van der Waals surface area contributed by atoms with Gasteiger partial charge in [0.2, 0.25) is 0 Å². The number of aliphatic hydroxyl groups is 1. The Morgan fingerprint density at radius 3 is 1.08 bits per heavy atom. The van der Waals surface area contributed by atoms with Crippen LogP contribution >= 0.6 is 15.6 Å². The molecule has 0 aromatic carbocycles. The zero-order valence-electron chi connectivity index (χ0n) is 38.3. The number of phosphoric ester groups is 2. The van der Waals surface area contributed by atoms with E-state index in [1.807, 2.05) is 6.92 Å². The molecular formula is C43H82O17P2. The molecule has 2 unspecified atom stereocenters. The lowest BCUT2D eigenvalue weighted by molar-refractivity contribution is -0.161. The molecule has 0 rings (SSSR count). The molecule has 0 aromatic heterocycles. The number of aliphatic hydroxyl groups excluding tert-OH is 1. The van der Waals surface area contributed by atoms with Crippen LogP contribution in [0.1, 0.15) is 195 Å². The van der Waals surface area contributed by atoms with Gasteiger partial charge in [-0.3, -0.25) is 37.3 Å². The summed E-state index contributed by atoms with van der Waals surface area (Å²) in [4.78, 5) is 69.3. The van der Waals surface area contributed by atoms with Crippen molar-refractivity contribution >= 4 is 39.5 Å². The first-order valence-electron chi connectivity index (χ1n) is 23.3. The van der Waals surface area contributed by atoms with Crippen molar-refractivity contribution in [2.24, 2.45) is 0 Å². The van der Waals surface area contributed by atoms with E-state index in [2.05, 4.69) is 13.8 Å². The maximum absolute atomic E-state index is 12.7. The van der Waals surface area contributed by atoms with Gasteiger partial charge in [-0.15, -0.1) is 0 Å². The molecule has 62 heavy (non-hydrogen) atoms. The van der Waals surface area contributed by atoms with E-state index in [0.717, 1.165) is 51.4 Å². The molecule has 17 nitrogen and oxygen atoms in total. The summed E-state index contributed by atoms with van der Waals surface area (Å²) >= 11 is 0. The molecule has 0 radical (unpaired) electrons. The standard InChI is InChI=1S/C43H82O17P2/c1-5-9-12-14-16-18-20-22-24-26-29-41(46)54-34-39(60-43(48)30-27-25-23-21-19-17-15-13-10-6-2)36-58-62(51,52)56-32-37(44)31-55-61(49,50)57-35-38(33-53-40(45)8-4)59-42(47)28-11-7-3/h37-39,44H,5-36H2,1-4H3,(H,49,50)(H,51,52)/t37-,38-,39-/m1/s1. The zero-order chi connectivity index (χ0) is 46.3. The van der Waals surface area contributed by atoms with E-state index in [-0.39, 0.29) is 25.7 Å². The Bertz CT molecular complexity index is 1250. The molecule has 0 fully saturated rings. The molecule has 5 atom stereocenters. The Labute approximate surface area is 371 Å². The van der Waals surface area contributed by atoms with Crippen molar-refractivity contribution in [3.8, 4) is 0 Å². The van der Waals surface area contributed by atoms with E-state index >= 15 is 0 Å². The topological polar surface area (TPSA) is 237 Å². The minimum Gasteiger partial charge on any atom is -0.462 e. The quantitative estimate of drug-likeness (QED) is 0.0223. The molecule has 0 bridgehead atoms. The van der Waals surface area contributed by atoms with Gasteiger partial charge < -0.3 is 33.8 Å². The first-order chi connectivity index (χ1) is 29.7. The molecule has 0 spiro atoms. The van der Waals surface area contributed by atoms with Gasteiger partial charge in [-0.2, -0.15) is 0 Å². The Balaban J connectivity index is 5.00. The number of unbranched alkanes of at least 4 members (excludes halogenated alkanes) is 19. The van der Waals surface area contributed by atoms with E-state index in [9.17, 15) is 43.2 Å². The van der Waals surface area contributed by atoms with Crippen molar-refractivity contribution in [1.29, 1.82) is 0 Å². The van der Waals surface area contributed by atoms with Crippen LogP contribution in [0, 0.1) is 0 Å². The second-order valence-electron chi connectivity index (χ2n) is 15.7. The maximum atomic E-state index is 12.7. The number of rotatable bonds is 44. The SMILES string of the molecule is CCCCCCCCCCCCC(=O)OC[C@H](COP(=O)(O)OC[C@H](O)COP(=O)(O)OC[C@@H](COC(=O)CC)OC(=O)CCCC)OC(=O)CCCCCCCCCCCC. The van der Waals surface area contributed by atoms with Crippen LogP contribution < -0.4 is 0 Å². The fourth-order valence-electron chi connectivity index (χ4n) is 5.94. The second kappa shape index (κ2) is 39.4. The van der Waals surface area contributed by atoms with Crippen LogP contribution in [0.2, 0.25) is 0 Å². The van der Waals surface area contributed by atoms with Gasteiger partial charge in [0.15, 0.2) is 12.2 Å². The first kappa shape index (κ1) is 60.1. The van der Waals surface area contributed by atoms with Crippen molar-refractivity contribution in [2.45, 2.75) is 213 Å². The lowest BCUT2D eigenvalue weighted by atomic mass is 10.1.